The van der Waals surface area contributed by atoms with E-state index in [2.05, 4.69) is 4.99 Å². The summed E-state index contributed by atoms with van der Waals surface area (Å²) in [5, 5.41) is 5.19. The van der Waals surface area contributed by atoms with Gasteiger partial charge in [-0.25, -0.2) is 13.6 Å². The third kappa shape index (κ3) is 4.05. The first kappa shape index (κ1) is 19.2. The van der Waals surface area contributed by atoms with Crippen molar-refractivity contribution >= 4 is 60.4 Å². The van der Waals surface area contributed by atoms with Crippen LogP contribution in [-0.2, 0) is 21.3 Å². The second-order valence-corrected chi connectivity index (χ2v) is 9.51. The number of methoxy groups -OCH3 is 1. The predicted molar refractivity (Wildman–Crippen MR) is 102 cm³/mol. The fourth-order valence-electron chi connectivity index (χ4n) is 2.29. The Balaban J connectivity index is 2.16. The van der Waals surface area contributed by atoms with Gasteiger partial charge in [-0.3, -0.25) is 4.79 Å². The number of carbonyl (C=O) groups excluding carboxylic acids is 1. The van der Waals surface area contributed by atoms with Gasteiger partial charge in [0.1, 0.15) is 0 Å². The molecule has 1 amide bonds. The van der Waals surface area contributed by atoms with E-state index in [-0.39, 0.29) is 4.90 Å². The number of halogens is 1. The quantitative estimate of drug-likeness (QED) is 0.669. The molecule has 1 aromatic carbocycles. The number of thiophene rings is 1. The zero-order chi connectivity index (χ0) is 18.9. The second kappa shape index (κ2) is 7.59. The molecule has 2 heterocycles. The third-order valence-corrected chi connectivity index (χ3v) is 6.65. The smallest absolute Gasteiger partial charge is 0.289 e. The maximum atomic E-state index is 12.4. The highest BCUT2D eigenvalue weighted by molar-refractivity contribution is 7.89. The number of primary sulfonamides is 1. The molecule has 0 spiro atoms. The summed E-state index contributed by atoms with van der Waals surface area (Å²) in [6, 6.07) is 7.80. The molecular weight excluding hydrogens is 418 g/mol. The molecule has 11 heteroatoms. The molecule has 3 aromatic rings. The molecule has 0 aliphatic heterocycles. The van der Waals surface area contributed by atoms with Crippen molar-refractivity contribution in [2.24, 2.45) is 10.1 Å². The molecule has 0 atom stereocenters. The molecule has 0 aliphatic carbocycles. The van der Waals surface area contributed by atoms with Crippen LogP contribution in [0.15, 0.2) is 40.2 Å². The van der Waals surface area contributed by atoms with Gasteiger partial charge in [0.25, 0.3) is 5.91 Å². The summed E-state index contributed by atoms with van der Waals surface area (Å²) in [7, 11) is -2.24. The first-order valence-corrected chi connectivity index (χ1v) is 10.8. The number of benzene rings is 1. The summed E-state index contributed by atoms with van der Waals surface area (Å²) in [6.07, 6.45) is 0. The van der Waals surface area contributed by atoms with E-state index in [4.69, 9.17) is 21.5 Å². The molecule has 26 heavy (non-hydrogen) atoms. The average Bonchev–Trinajstić information content (AvgIpc) is 3.15. The molecule has 2 N–H and O–H groups in total. The van der Waals surface area contributed by atoms with Crippen LogP contribution >= 0.6 is 34.3 Å². The summed E-state index contributed by atoms with van der Waals surface area (Å²) in [5.41, 5.74) is 0.746. The molecule has 7 nitrogen and oxygen atoms in total. The normalized spacial score (nSPS) is 12.8. The second-order valence-electron chi connectivity index (χ2n) is 5.22. The summed E-state index contributed by atoms with van der Waals surface area (Å²) in [5.74, 6) is -0.411. The summed E-state index contributed by atoms with van der Waals surface area (Å²) in [4.78, 5) is 17.4. The van der Waals surface area contributed by atoms with Crippen LogP contribution in [0.4, 0.5) is 0 Å². The standard InChI is InChI=1S/C15H14ClN3O4S3/c1-23-7-6-19-10-3-2-9(26(17,21)22)8-12(10)25-15(19)18-14(20)11-4-5-13(16)24-11/h2-5,8H,6-7H2,1H3,(H2,17,21,22). The van der Waals surface area contributed by atoms with Crippen LogP contribution in [0, 0.1) is 0 Å². The third-order valence-electron chi connectivity index (χ3n) is 3.48. The lowest BCUT2D eigenvalue weighted by Crippen LogP contribution is -2.19. The van der Waals surface area contributed by atoms with Crippen molar-refractivity contribution in [1.29, 1.82) is 0 Å². The Morgan fingerprint density at radius 1 is 1.31 bits per heavy atom. The van der Waals surface area contributed by atoms with Crippen LogP contribution in [0.2, 0.25) is 4.34 Å². The Kier molecular flexibility index (Phi) is 5.61. The molecule has 138 valence electrons. The van der Waals surface area contributed by atoms with Crippen molar-refractivity contribution in [1.82, 2.24) is 4.57 Å². The van der Waals surface area contributed by atoms with Crippen molar-refractivity contribution < 1.29 is 17.9 Å². The Labute approximate surface area is 162 Å². The molecule has 0 radical (unpaired) electrons. The zero-order valence-electron chi connectivity index (χ0n) is 13.5. The number of thiazole rings is 1. The molecule has 0 fully saturated rings. The van der Waals surface area contributed by atoms with Crippen LogP contribution in [0.1, 0.15) is 9.67 Å². The molecule has 0 aliphatic rings. The van der Waals surface area contributed by atoms with Crippen LogP contribution in [0.3, 0.4) is 0 Å². The van der Waals surface area contributed by atoms with E-state index in [1.165, 1.54) is 23.5 Å². The van der Waals surface area contributed by atoms with E-state index in [0.717, 1.165) is 16.9 Å². The molecule has 0 saturated heterocycles. The molecule has 0 saturated carbocycles. The molecule has 0 bridgehead atoms. The van der Waals surface area contributed by atoms with Crippen molar-refractivity contribution in [3.63, 3.8) is 0 Å². The number of aromatic nitrogens is 1. The summed E-state index contributed by atoms with van der Waals surface area (Å²) >= 11 is 8.22. The van der Waals surface area contributed by atoms with Crippen molar-refractivity contribution in [3.05, 3.63) is 44.3 Å². The largest absolute Gasteiger partial charge is 0.383 e. The van der Waals surface area contributed by atoms with Gasteiger partial charge in [-0.15, -0.1) is 11.3 Å². The maximum Gasteiger partial charge on any atom is 0.289 e. The number of carbonyl (C=O) groups is 1. The Morgan fingerprint density at radius 3 is 2.69 bits per heavy atom. The number of ether oxygens (including phenoxy) is 1. The lowest BCUT2D eigenvalue weighted by atomic mass is 10.3. The lowest BCUT2D eigenvalue weighted by molar-refractivity contribution is 0.100. The van der Waals surface area contributed by atoms with Crippen molar-refractivity contribution in [3.8, 4) is 0 Å². The number of nitrogens with two attached hydrogens (primary N) is 1. The fourth-order valence-corrected chi connectivity index (χ4v) is 4.92. The minimum absolute atomic E-state index is 0.00746. The van der Waals surface area contributed by atoms with E-state index in [0.29, 0.717) is 31.9 Å². The number of hydrogen-bond donors (Lipinski definition) is 1. The van der Waals surface area contributed by atoms with E-state index in [1.807, 2.05) is 4.57 Å². The minimum Gasteiger partial charge on any atom is -0.383 e. The van der Waals surface area contributed by atoms with Gasteiger partial charge in [-0.2, -0.15) is 4.99 Å². The number of sulfonamides is 1. The van der Waals surface area contributed by atoms with E-state index in [9.17, 15) is 13.2 Å². The average molecular weight is 432 g/mol. The van der Waals surface area contributed by atoms with E-state index < -0.39 is 15.9 Å². The van der Waals surface area contributed by atoms with Gasteiger partial charge >= 0.3 is 0 Å². The SMILES string of the molecule is COCCn1c(=NC(=O)c2ccc(Cl)s2)sc2cc(S(N)(=O)=O)ccc21. The number of nitrogens with zero attached hydrogens (tertiary/aromatic N) is 2. The number of rotatable bonds is 5. The minimum atomic E-state index is -3.82. The summed E-state index contributed by atoms with van der Waals surface area (Å²) < 4.78 is 31.2. The van der Waals surface area contributed by atoms with Gasteiger partial charge in [0.05, 0.1) is 30.9 Å². The van der Waals surface area contributed by atoms with Gasteiger partial charge in [0.2, 0.25) is 10.0 Å². The van der Waals surface area contributed by atoms with Crippen LogP contribution in [-0.4, -0.2) is 32.6 Å². The van der Waals surface area contributed by atoms with Gasteiger partial charge in [0, 0.05) is 13.7 Å². The maximum absolute atomic E-state index is 12.4. The van der Waals surface area contributed by atoms with Crippen molar-refractivity contribution in [2.45, 2.75) is 11.4 Å². The van der Waals surface area contributed by atoms with Gasteiger partial charge in [-0.1, -0.05) is 22.9 Å². The first-order valence-electron chi connectivity index (χ1n) is 7.29. The van der Waals surface area contributed by atoms with Crippen molar-refractivity contribution in [2.75, 3.05) is 13.7 Å². The predicted octanol–water partition coefficient (Wildman–Crippen LogP) is 2.45. The lowest BCUT2D eigenvalue weighted by Gasteiger charge is -2.04. The number of hydrogen-bond acceptors (Lipinski definition) is 6. The Morgan fingerprint density at radius 2 is 2.08 bits per heavy atom. The fraction of sp³-hybridized carbons (Fsp3) is 0.200. The van der Waals surface area contributed by atoms with Crippen LogP contribution < -0.4 is 9.94 Å². The van der Waals surface area contributed by atoms with E-state index in [1.54, 1.807) is 25.3 Å². The highest BCUT2D eigenvalue weighted by Crippen LogP contribution is 2.23. The Bertz CT molecular complexity index is 1140. The number of amides is 1. The van der Waals surface area contributed by atoms with Gasteiger partial charge in [-0.05, 0) is 30.3 Å². The molecule has 3 rings (SSSR count). The highest BCUT2D eigenvalue weighted by Gasteiger charge is 2.14. The van der Waals surface area contributed by atoms with Crippen LogP contribution in [0.25, 0.3) is 10.2 Å². The molecular formula is C15H14ClN3O4S3. The topological polar surface area (TPSA) is 104 Å². The first-order chi connectivity index (χ1) is 12.3. The molecule has 2 aromatic heterocycles. The van der Waals surface area contributed by atoms with Gasteiger partial charge < -0.3 is 9.30 Å². The number of fused-ring (bicyclic) bond motifs is 1. The van der Waals surface area contributed by atoms with E-state index >= 15 is 0 Å². The van der Waals surface area contributed by atoms with Gasteiger partial charge in [0.15, 0.2) is 4.80 Å². The van der Waals surface area contributed by atoms with Crippen LogP contribution in [0.5, 0.6) is 0 Å². The summed E-state index contributed by atoms with van der Waals surface area (Å²) in [6.45, 7) is 0.873. The zero-order valence-corrected chi connectivity index (χ0v) is 16.7. The Hall–Kier alpha value is -1.56. The monoisotopic (exact) mass is 431 g/mol. The molecule has 0 unspecified atom stereocenters. The highest BCUT2D eigenvalue weighted by atomic mass is 35.5.